The Morgan fingerprint density at radius 2 is 1.96 bits per heavy atom. The zero-order chi connectivity index (χ0) is 18.2. The second kappa shape index (κ2) is 9.44. The molecule has 1 aromatic carbocycles. The number of piperidine rings is 1. The van der Waals surface area contributed by atoms with E-state index in [9.17, 15) is 9.59 Å². The van der Waals surface area contributed by atoms with Crippen molar-refractivity contribution in [2.75, 3.05) is 26.2 Å². The summed E-state index contributed by atoms with van der Waals surface area (Å²) in [6.07, 6.45) is 2.82. The maximum absolute atomic E-state index is 12.3. The lowest BCUT2D eigenvalue weighted by Crippen LogP contribution is -2.43. The molecule has 25 heavy (non-hydrogen) atoms. The summed E-state index contributed by atoms with van der Waals surface area (Å²) in [4.78, 5) is 26.2. The van der Waals surface area contributed by atoms with Gasteiger partial charge in [-0.2, -0.15) is 0 Å². The van der Waals surface area contributed by atoms with Crippen molar-refractivity contribution < 1.29 is 14.3 Å². The summed E-state index contributed by atoms with van der Waals surface area (Å²) in [7, 11) is 0. The molecule has 0 spiro atoms. The first-order valence-corrected chi connectivity index (χ1v) is 9.27. The molecule has 1 saturated heterocycles. The van der Waals surface area contributed by atoms with E-state index < -0.39 is 0 Å². The van der Waals surface area contributed by atoms with Crippen molar-refractivity contribution in [3.8, 4) is 5.75 Å². The average Bonchev–Trinajstić information content (AvgIpc) is 2.63. The highest BCUT2D eigenvalue weighted by atomic mass is 16.5. The zero-order valence-electron chi connectivity index (χ0n) is 15.6. The van der Waals surface area contributed by atoms with Gasteiger partial charge in [-0.1, -0.05) is 19.1 Å². The van der Waals surface area contributed by atoms with Crippen LogP contribution in [0.5, 0.6) is 5.75 Å². The van der Waals surface area contributed by atoms with E-state index in [0.29, 0.717) is 26.1 Å². The van der Waals surface area contributed by atoms with Crippen molar-refractivity contribution in [2.45, 2.75) is 46.5 Å². The molecular weight excluding hydrogens is 316 g/mol. The Balaban J connectivity index is 1.72. The lowest BCUT2D eigenvalue weighted by molar-refractivity contribution is -0.136. The fourth-order valence-electron chi connectivity index (χ4n) is 3.07. The maximum Gasteiger partial charge on any atom is 0.225 e. The highest BCUT2D eigenvalue weighted by Gasteiger charge is 2.26. The number of ether oxygens (including phenoxy) is 1. The van der Waals surface area contributed by atoms with Crippen molar-refractivity contribution in [1.82, 2.24) is 10.2 Å². The van der Waals surface area contributed by atoms with E-state index in [1.165, 1.54) is 5.56 Å². The Labute approximate surface area is 150 Å². The van der Waals surface area contributed by atoms with E-state index in [1.54, 1.807) is 0 Å². The molecule has 1 aromatic rings. The number of carbonyl (C=O) groups excluding carboxylic acids is 2. The Bertz CT molecular complexity index is 593. The molecule has 2 amide bonds. The van der Waals surface area contributed by atoms with Crippen molar-refractivity contribution in [2.24, 2.45) is 5.92 Å². The summed E-state index contributed by atoms with van der Waals surface area (Å²) in [5.41, 5.74) is 2.31. The predicted octanol–water partition coefficient (Wildman–Crippen LogP) is 2.84. The van der Waals surface area contributed by atoms with Gasteiger partial charge < -0.3 is 15.0 Å². The van der Waals surface area contributed by atoms with Crippen LogP contribution in [0.25, 0.3) is 0 Å². The third-order valence-corrected chi connectivity index (χ3v) is 4.90. The van der Waals surface area contributed by atoms with Gasteiger partial charge >= 0.3 is 0 Å². The lowest BCUT2D eigenvalue weighted by Gasteiger charge is -2.31. The van der Waals surface area contributed by atoms with Gasteiger partial charge in [0.05, 0.1) is 13.0 Å². The van der Waals surface area contributed by atoms with Crippen LogP contribution in [0, 0.1) is 19.8 Å². The van der Waals surface area contributed by atoms with E-state index in [4.69, 9.17) is 4.74 Å². The monoisotopic (exact) mass is 346 g/mol. The fraction of sp³-hybridized carbons (Fsp3) is 0.600. The normalized spacial score (nSPS) is 15.1. The van der Waals surface area contributed by atoms with Crippen molar-refractivity contribution in [3.63, 3.8) is 0 Å². The van der Waals surface area contributed by atoms with E-state index in [-0.39, 0.29) is 17.7 Å². The minimum absolute atomic E-state index is 0.0433. The fourth-order valence-corrected chi connectivity index (χ4v) is 3.07. The van der Waals surface area contributed by atoms with Gasteiger partial charge in [0.2, 0.25) is 11.8 Å². The topological polar surface area (TPSA) is 58.6 Å². The van der Waals surface area contributed by atoms with Crippen LogP contribution >= 0.6 is 0 Å². The molecule has 5 heteroatoms. The number of carbonyl (C=O) groups is 2. The van der Waals surface area contributed by atoms with Crippen LogP contribution in [-0.4, -0.2) is 43.0 Å². The molecule has 0 saturated carbocycles. The summed E-state index contributed by atoms with van der Waals surface area (Å²) in [6, 6.07) is 5.95. The number of aryl methyl sites for hydroxylation is 1. The molecule has 0 unspecified atom stereocenters. The van der Waals surface area contributed by atoms with E-state index in [0.717, 1.165) is 37.1 Å². The minimum atomic E-state index is 0.0433. The van der Waals surface area contributed by atoms with Crippen LogP contribution in [0.3, 0.4) is 0 Å². The number of likely N-dealkylation sites (tertiary alicyclic amines) is 1. The summed E-state index contributed by atoms with van der Waals surface area (Å²) in [6.45, 7) is 8.56. The molecule has 1 aliphatic rings. The van der Waals surface area contributed by atoms with Gasteiger partial charge in [-0.05, 0) is 50.3 Å². The Kier molecular flexibility index (Phi) is 7.29. The molecule has 1 heterocycles. The molecule has 1 N–H and O–H groups in total. The first kappa shape index (κ1) is 19.3. The van der Waals surface area contributed by atoms with Crippen LogP contribution in [-0.2, 0) is 9.59 Å². The second-order valence-corrected chi connectivity index (χ2v) is 6.74. The first-order valence-electron chi connectivity index (χ1n) is 9.27. The maximum atomic E-state index is 12.3. The summed E-state index contributed by atoms with van der Waals surface area (Å²) in [5.74, 6) is 1.13. The molecule has 138 valence electrons. The molecule has 5 nitrogen and oxygen atoms in total. The summed E-state index contributed by atoms with van der Waals surface area (Å²) in [5, 5.41) is 2.95. The van der Waals surface area contributed by atoms with Gasteiger partial charge in [0, 0.05) is 25.6 Å². The van der Waals surface area contributed by atoms with Crippen LogP contribution in [0.1, 0.15) is 43.7 Å². The minimum Gasteiger partial charge on any atom is -0.493 e. The third kappa shape index (κ3) is 5.48. The Morgan fingerprint density at radius 1 is 1.24 bits per heavy atom. The van der Waals surface area contributed by atoms with Gasteiger partial charge in [0.25, 0.3) is 0 Å². The molecule has 0 aromatic heterocycles. The number of nitrogens with zero attached hydrogens (tertiary/aromatic N) is 1. The molecule has 0 aliphatic carbocycles. The van der Waals surface area contributed by atoms with Crippen LogP contribution in [0.2, 0.25) is 0 Å². The Hall–Kier alpha value is -2.04. The van der Waals surface area contributed by atoms with Crippen LogP contribution in [0.15, 0.2) is 18.2 Å². The largest absolute Gasteiger partial charge is 0.493 e. The standard InChI is InChI=1S/C20H30N2O3/c1-4-11-21-20(24)17-8-12-22(13-9-17)19(23)10-14-25-18-7-5-6-15(2)16(18)3/h5-7,17H,4,8-14H2,1-3H3,(H,21,24). The van der Waals surface area contributed by atoms with Crippen molar-refractivity contribution >= 4 is 11.8 Å². The number of amides is 2. The third-order valence-electron chi connectivity index (χ3n) is 4.90. The van der Waals surface area contributed by atoms with E-state index in [2.05, 4.69) is 5.32 Å². The number of nitrogens with one attached hydrogen (secondary N) is 1. The smallest absolute Gasteiger partial charge is 0.225 e. The quantitative estimate of drug-likeness (QED) is 0.826. The Morgan fingerprint density at radius 3 is 2.64 bits per heavy atom. The SMILES string of the molecule is CCCNC(=O)C1CCN(C(=O)CCOc2cccc(C)c2C)CC1. The summed E-state index contributed by atoms with van der Waals surface area (Å²) >= 11 is 0. The summed E-state index contributed by atoms with van der Waals surface area (Å²) < 4.78 is 5.77. The lowest BCUT2D eigenvalue weighted by atomic mass is 9.95. The molecule has 0 atom stereocenters. The molecule has 1 aliphatic heterocycles. The highest BCUT2D eigenvalue weighted by Crippen LogP contribution is 2.21. The zero-order valence-corrected chi connectivity index (χ0v) is 15.6. The number of hydrogen-bond donors (Lipinski definition) is 1. The molecule has 1 fully saturated rings. The predicted molar refractivity (Wildman–Crippen MR) is 98.6 cm³/mol. The second-order valence-electron chi connectivity index (χ2n) is 6.74. The molecule has 0 radical (unpaired) electrons. The number of benzene rings is 1. The molecule has 0 bridgehead atoms. The highest BCUT2D eigenvalue weighted by molar-refractivity contribution is 5.80. The van der Waals surface area contributed by atoms with E-state index in [1.807, 2.05) is 43.9 Å². The van der Waals surface area contributed by atoms with Crippen LogP contribution in [0.4, 0.5) is 0 Å². The van der Waals surface area contributed by atoms with E-state index >= 15 is 0 Å². The van der Waals surface area contributed by atoms with Gasteiger partial charge in [-0.3, -0.25) is 9.59 Å². The van der Waals surface area contributed by atoms with Crippen molar-refractivity contribution in [3.05, 3.63) is 29.3 Å². The van der Waals surface area contributed by atoms with Gasteiger partial charge in [-0.25, -0.2) is 0 Å². The average molecular weight is 346 g/mol. The van der Waals surface area contributed by atoms with Crippen molar-refractivity contribution in [1.29, 1.82) is 0 Å². The first-order chi connectivity index (χ1) is 12.0. The van der Waals surface area contributed by atoms with Gasteiger partial charge in [0.15, 0.2) is 0 Å². The number of rotatable bonds is 7. The van der Waals surface area contributed by atoms with Gasteiger partial charge in [-0.15, -0.1) is 0 Å². The number of hydrogen-bond acceptors (Lipinski definition) is 3. The molecular formula is C20H30N2O3. The molecule has 2 rings (SSSR count). The van der Waals surface area contributed by atoms with Crippen LogP contribution < -0.4 is 10.1 Å². The van der Waals surface area contributed by atoms with Gasteiger partial charge in [0.1, 0.15) is 5.75 Å².